The molecule has 2 aromatic rings. The Morgan fingerprint density at radius 2 is 2.25 bits per heavy atom. The lowest BCUT2D eigenvalue weighted by atomic mass is 10.3. The Morgan fingerprint density at radius 3 is 2.85 bits per heavy atom. The average molecular weight is 301 g/mol. The first-order chi connectivity index (χ1) is 9.47. The number of hydrogen-bond acceptors (Lipinski definition) is 5. The molecule has 1 heterocycles. The highest BCUT2D eigenvalue weighted by Gasteiger charge is 2.21. The van der Waals surface area contributed by atoms with Gasteiger partial charge >= 0.3 is 0 Å². The Bertz CT molecular complexity index is 714. The number of aromatic amines is 1. The van der Waals surface area contributed by atoms with Crippen molar-refractivity contribution in [2.45, 2.75) is 11.6 Å². The summed E-state index contributed by atoms with van der Waals surface area (Å²) in [5.74, 6) is -0.690. The van der Waals surface area contributed by atoms with Crippen LogP contribution in [0.15, 0.2) is 29.4 Å². The normalized spacial score (nSPS) is 11.3. The van der Waals surface area contributed by atoms with Gasteiger partial charge in [-0.1, -0.05) is 0 Å². The summed E-state index contributed by atoms with van der Waals surface area (Å²) >= 11 is 0. The summed E-state index contributed by atoms with van der Waals surface area (Å²) in [6.07, 6.45) is 1.20. The number of aliphatic hydroxyl groups excluding tert-OH is 1. The van der Waals surface area contributed by atoms with Crippen molar-refractivity contribution in [3.05, 3.63) is 35.8 Å². The Hall–Kier alpha value is -2.13. The van der Waals surface area contributed by atoms with Crippen molar-refractivity contribution in [1.29, 1.82) is 0 Å². The molecule has 0 fully saturated rings. The fraction of sp³-hybridized carbons (Fsp3) is 0.182. The number of aromatic nitrogens is 2. The molecule has 1 aromatic carbocycles. The first-order valence-electron chi connectivity index (χ1n) is 5.47. The number of H-pyrrole nitrogens is 1. The summed E-state index contributed by atoms with van der Waals surface area (Å²) in [6.45, 7) is -0.482. The molecule has 0 amide bonds. The second-order valence-electron chi connectivity index (χ2n) is 3.84. The van der Waals surface area contributed by atoms with Gasteiger partial charge in [0.15, 0.2) is 16.6 Å². The molecule has 9 heteroatoms. The van der Waals surface area contributed by atoms with Crippen LogP contribution >= 0.6 is 0 Å². The molecule has 0 aliphatic carbocycles. The molecule has 0 atom stereocenters. The molecule has 7 nitrogen and oxygen atoms in total. The Kier molecular flexibility index (Phi) is 3.91. The van der Waals surface area contributed by atoms with Crippen molar-refractivity contribution in [1.82, 2.24) is 10.2 Å². The van der Waals surface area contributed by atoms with Gasteiger partial charge < -0.3 is 9.84 Å². The fourth-order valence-corrected chi connectivity index (χ4v) is 2.76. The third-order valence-corrected chi connectivity index (χ3v) is 3.92. The van der Waals surface area contributed by atoms with Crippen LogP contribution in [0.2, 0.25) is 0 Å². The molecule has 0 unspecified atom stereocenters. The topological polar surface area (TPSA) is 104 Å². The molecule has 1 aromatic heterocycles. The molecule has 2 rings (SSSR count). The lowest BCUT2D eigenvalue weighted by molar-refractivity contribution is 0.278. The van der Waals surface area contributed by atoms with Crippen LogP contribution in [0.5, 0.6) is 5.75 Å². The highest BCUT2D eigenvalue weighted by Crippen LogP contribution is 2.23. The zero-order valence-corrected chi connectivity index (χ0v) is 11.2. The van der Waals surface area contributed by atoms with Crippen LogP contribution < -0.4 is 9.46 Å². The molecular weight excluding hydrogens is 289 g/mol. The number of ether oxygens (including phenoxy) is 1. The molecule has 0 spiro atoms. The molecule has 108 valence electrons. The summed E-state index contributed by atoms with van der Waals surface area (Å²) in [5, 5.41) is 14.6. The number of sulfonamides is 1. The van der Waals surface area contributed by atoms with E-state index in [1.54, 1.807) is 0 Å². The van der Waals surface area contributed by atoms with Crippen molar-refractivity contribution in [2.24, 2.45) is 0 Å². The molecule has 3 N–H and O–H groups in total. The first-order valence-corrected chi connectivity index (χ1v) is 6.95. The minimum Gasteiger partial charge on any atom is -0.494 e. The van der Waals surface area contributed by atoms with Crippen molar-refractivity contribution in [2.75, 3.05) is 11.8 Å². The minimum atomic E-state index is -3.98. The average Bonchev–Trinajstić information content (AvgIpc) is 2.87. The molecule has 0 aliphatic rings. The SMILES string of the molecule is COc1ccc(NS(=O)(=O)c2[nH]ncc2CO)cc1F. The monoisotopic (exact) mass is 301 g/mol. The first kappa shape index (κ1) is 14.3. The molecular formula is C11H12FN3O4S. The van der Waals surface area contributed by atoms with E-state index in [0.29, 0.717) is 0 Å². The van der Waals surface area contributed by atoms with Crippen LogP contribution in [0.1, 0.15) is 5.56 Å². The van der Waals surface area contributed by atoms with Crippen molar-refractivity contribution < 1.29 is 22.7 Å². The molecule has 0 bridgehead atoms. The number of rotatable bonds is 5. The number of nitrogens with zero attached hydrogens (tertiary/aromatic N) is 1. The van der Waals surface area contributed by atoms with Gasteiger partial charge in [-0.3, -0.25) is 9.82 Å². The van der Waals surface area contributed by atoms with E-state index in [1.165, 1.54) is 25.4 Å². The van der Waals surface area contributed by atoms with Crippen LogP contribution in [-0.2, 0) is 16.6 Å². The quantitative estimate of drug-likeness (QED) is 0.759. The number of halogens is 1. The maximum Gasteiger partial charge on any atom is 0.279 e. The Balaban J connectivity index is 2.31. The van der Waals surface area contributed by atoms with E-state index in [-0.39, 0.29) is 22.0 Å². The van der Waals surface area contributed by atoms with E-state index in [2.05, 4.69) is 14.9 Å². The van der Waals surface area contributed by atoms with E-state index < -0.39 is 22.4 Å². The van der Waals surface area contributed by atoms with Gasteiger partial charge in [-0.2, -0.15) is 13.5 Å². The van der Waals surface area contributed by atoms with Gasteiger partial charge in [0.1, 0.15) is 0 Å². The number of nitrogens with one attached hydrogen (secondary N) is 2. The van der Waals surface area contributed by atoms with Gasteiger partial charge in [0.05, 0.1) is 25.6 Å². The summed E-state index contributed by atoms with van der Waals surface area (Å²) in [4.78, 5) is 0. The molecule has 0 saturated heterocycles. The summed E-state index contributed by atoms with van der Waals surface area (Å²) in [7, 11) is -2.68. The second-order valence-corrected chi connectivity index (χ2v) is 5.46. The van der Waals surface area contributed by atoms with Crippen LogP contribution in [0, 0.1) is 5.82 Å². The van der Waals surface area contributed by atoms with Gasteiger partial charge in [-0.15, -0.1) is 0 Å². The highest BCUT2D eigenvalue weighted by molar-refractivity contribution is 7.92. The second kappa shape index (κ2) is 5.47. The lowest BCUT2D eigenvalue weighted by Crippen LogP contribution is -2.15. The maximum absolute atomic E-state index is 13.5. The number of benzene rings is 1. The number of anilines is 1. The number of methoxy groups -OCH3 is 1. The summed E-state index contributed by atoms with van der Waals surface area (Å²) in [6, 6.07) is 3.65. The van der Waals surface area contributed by atoms with E-state index in [4.69, 9.17) is 9.84 Å². The van der Waals surface area contributed by atoms with Crippen molar-refractivity contribution in [3.8, 4) is 5.75 Å². The third-order valence-electron chi connectivity index (χ3n) is 2.52. The standard InChI is InChI=1S/C11H12FN3O4S/c1-19-10-3-2-8(4-9(10)12)15-20(17,18)11-7(6-16)5-13-14-11/h2-5,15-16H,6H2,1H3,(H,13,14). The van der Waals surface area contributed by atoms with Crippen LogP contribution in [-0.4, -0.2) is 30.8 Å². The fourth-order valence-electron chi connectivity index (χ4n) is 1.58. The Morgan fingerprint density at radius 1 is 1.50 bits per heavy atom. The molecule has 20 heavy (non-hydrogen) atoms. The largest absolute Gasteiger partial charge is 0.494 e. The zero-order valence-electron chi connectivity index (χ0n) is 10.4. The summed E-state index contributed by atoms with van der Waals surface area (Å²) in [5.41, 5.74) is 0.147. The summed E-state index contributed by atoms with van der Waals surface area (Å²) < 4.78 is 44.5. The molecule has 0 aliphatic heterocycles. The van der Waals surface area contributed by atoms with Gasteiger partial charge in [0.2, 0.25) is 0 Å². The lowest BCUT2D eigenvalue weighted by Gasteiger charge is -2.09. The zero-order chi connectivity index (χ0) is 14.8. The third kappa shape index (κ3) is 2.73. The smallest absolute Gasteiger partial charge is 0.279 e. The van der Waals surface area contributed by atoms with Gasteiger partial charge in [0.25, 0.3) is 10.0 Å². The molecule has 0 radical (unpaired) electrons. The minimum absolute atomic E-state index is 0.00513. The number of hydrogen-bond donors (Lipinski definition) is 3. The molecule has 0 saturated carbocycles. The maximum atomic E-state index is 13.5. The Labute approximate surface area is 114 Å². The van der Waals surface area contributed by atoms with E-state index >= 15 is 0 Å². The predicted molar refractivity (Wildman–Crippen MR) is 68.3 cm³/mol. The predicted octanol–water partition coefficient (Wildman–Crippen LogP) is 0.850. The van der Waals surface area contributed by atoms with Crippen LogP contribution in [0.4, 0.5) is 10.1 Å². The van der Waals surface area contributed by atoms with Crippen LogP contribution in [0.25, 0.3) is 0 Å². The number of aliphatic hydroxyl groups is 1. The van der Waals surface area contributed by atoms with Crippen molar-refractivity contribution >= 4 is 15.7 Å². The highest BCUT2D eigenvalue weighted by atomic mass is 32.2. The van der Waals surface area contributed by atoms with Gasteiger partial charge in [-0.05, 0) is 12.1 Å². The van der Waals surface area contributed by atoms with Gasteiger partial charge in [-0.25, -0.2) is 4.39 Å². The van der Waals surface area contributed by atoms with E-state index in [1.807, 2.05) is 0 Å². The van der Waals surface area contributed by atoms with E-state index in [9.17, 15) is 12.8 Å². The van der Waals surface area contributed by atoms with Crippen LogP contribution in [0.3, 0.4) is 0 Å². The van der Waals surface area contributed by atoms with Crippen molar-refractivity contribution in [3.63, 3.8) is 0 Å². The van der Waals surface area contributed by atoms with E-state index in [0.717, 1.165) is 6.07 Å². The van der Waals surface area contributed by atoms with Gasteiger partial charge in [0, 0.05) is 11.6 Å².